The highest BCUT2D eigenvalue weighted by Gasteiger charge is 2.19. The molecule has 0 radical (unpaired) electrons. The molecule has 1 unspecified atom stereocenters. The van der Waals surface area contributed by atoms with Gasteiger partial charge in [-0.15, -0.1) is 0 Å². The zero-order valence-corrected chi connectivity index (χ0v) is 10.8. The van der Waals surface area contributed by atoms with Gasteiger partial charge in [0.25, 0.3) is 0 Å². The van der Waals surface area contributed by atoms with Crippen molar-refractivity contribution in [2.45, 2.75) is 5.92 Å². The lowest BCUT2D eigenvalue weighted by atomic mass is 10.1. The summed E-state index contributed by atoms with van der Waals surface area (Å²) >= 11 is 3.31. The van der Waals surface area contributed by atoms with Gasteiger partial charge in [0.1, 0.15) is 5.76 Å². The maximum atomic E-state index is 5.80. The van der Waals surface area contributed by atoms with E-state index in [4.69, 9.17) is 14.9 Å². The van der Waals surface area contributed by atoms with E-state index >= 15 is 0 Å². The molecule has 1 aliphatic heterocycles. The van der Waals surface area contributed by atoms with Crippen molar-refractivity contribution in [3.05, 3.63) is 22.6 Å². The van der Waals surface area contributed by atoms with E-state index in [-0.39, 0.29) is 5.92 Å². The van der Waals surface area contributed by atoms with E-state index in [0.717, 1.165) is 43.3 Å². The fourth-order valence-corrected chi connectivity index (χ4v) is 2.24. The van der Waals surface area contributed by atoms with Crippen molar-refractivity contribution in [3.63, 3.8) is 0 Å². The Morgan fingerprint density at radius 2 is 2.12 bits per heavy atom. The predicted octanol–water partition coefficient (Wildman–Crippen LogP) is 1.42. The van der Waals surface area contributed by atoms with Crippen molar-refractivity contribution in [1.82, 2.24) is 4.90 Å². The first kappa shape index (κ1) is 12.1. The number of halogens is 1. The van der Waals surface area contributed by atoms with Gasteiger partial charge in [0.05, 0.1) is 13.2 Å². The Morgan fingerprint density at radius 1 is 1.38 bits per heavy atom. The number of furan rings is 1. The summed E-state index contributed by atoms with van der Waals surface area (Å²) < 4.78 is 11.6. The Labute approximate surface area is 104 Å². The Hall–Kier alpha value is -0.360. The molecule has 0 saturated carbocycles. The smallest absolute Gasteiger partial charge is 0.169 e. The quantitative estimate of drug-likeness (QED) is 0.910. The Kier molecular flexibility index (Phi) is 4.40. The van der Waals surface area contributed by atoms with Crippen LogP contribution in [-0.2, 0) is 4.74 Å². The first-order chi connectivity index (χ1) is 7.79. The topological polar surface area (TPSA) is 51.6 Å². The summed E-state index contributed by atoms with van der Waals surface area (Å²) in [6, 6.07) is 3.90. The Bertz CT molecular complexity index is 324. The van der Waals surface area contributed by atoms with E-state index in [0.29, 0.717) is 6.54 Å². The molecule has 0 spiro atoms. The average Bonchev–Trinajstić information content (AvgIpc) is 2.74. The summed E-state index contributed by atoms with van der Waals surface area (Å²) in [5.41, 5.74) is 5.80. The predicted molar refractivity (Wildman–Crippen MR) is 65.5 cm³/mol. The Morgan fingerprint density at radius 3 is 2.69 bits per heavy atom. The molecule has 0 amide bonds. The maximum Gasteiger partial charge on any atom is 0.169 e. The molecular formula is C11H17BrN2O2. The minimum Gasteiger partial charge on any atom is -0.454 e. The van der Waals surface area contributed by atoms with Crippen LogP contribution in [-0.4, -0.2) is 44.3 Å². The number of ether oxygens (including phenoxy) is 1. The van der Waals surface area contributed by atoms with Gasteiger partial charge in [-0.1, -0.05) is 0 Å². The summed E-state index contributed by atoms with van der Waals surface area (Å²) in [4.78, 5) is 2.37. The maximum absolute atomic E-state index is 5.80. The molecule has 0 bridgehead atoms. The van der Waals surface area contributed by atoms with Crippen LogP contribution in [0.5, 0.6) is 0 Å². The third-order valence-corrected chi connectivity index (χ3v) is 3.29. The van der Waals surface area contributed by atoms with Gasteiger partial charge >= 0.3 is 0 Å². The van der Waals surface area contributed by atoms with Crippen LogP contribution in [0, 0.1) is 0 Å². The highest BCUT2D eigenvalue weighted by atomic mass is 79.9. The lowest BCUT2D eigenvalue weighted by Crippen LogP contribution is -2.40. The summed E-state index contributed by atoms with van der Waals surface area (Å²) in [7, 11) is 0. The molecule has 90 valence electrons. The van der Waals surface area contributed by atoms with Crippen molar-refractivity contribution >= 4 is 15.9 Å². The monoisotopic (exact) mass is 288 g/mol. The second-order valence-corrected chi connectivity index (χ2v) is 4.77. The second kappa shape index (κ2) is 5.82. The van der Waals surface area contributed by atoms with Crippen molar-refractivity contribution in [2.75, 3.05) is 39.4 Å². The van der Waals surface area contributed by atoms with Crippen LogP contribution >= 0.6 is 15.9 Å². The second-order valence-electron chi connectivity index (χ2n) is 3.99. The molecule has 0 aliphatic carbocycles. The van der Waals surface area contributed by atoms with Crippen LogP contribution in [0.25, 0.3) is 0 Å². The SMILES string of the molecule is NCC(CN1CCOCC1)c1ccc(Br)o1. The molecule has 2 N–H and O–H groups in total. The van der Waals surface area contributed by atoms with Gasteiger partial charge in [0.15, 0.2) is 4.67 Å². The summed E-state index contributed by atoms with van der Waals surface area (Å²) in [5.74, 6) is 1.23. The first-order valence-electron chi connectivity index (χ1n) is 5.55. The van der Waals surface area contributed by atoms with Gasteiger partial charge in [0.2, 0.25) is 0 Å². The molecule has 1 saturated heterocycles. The van der Waals surface area contributed by atoms with Crippen LogP contribution in [0.15, 0.2) is 21.2 Å². The molecule has 5 heteroatoms. The number of hydrogen-bond acceptors (Lipinski definition) is 4. The van der Waals surface area contributed by atoms with Crippen molar-refractivity contribution in [1.29, 1.82) is 0 Å². The molecule has 1 atom stereocenters. The highest BCUT2D eigenvalue weighted by molar-refractivity contribution is 9.10. The van der Waals surface area contributed by atoms with Crippen molar-refractivity contribution in [2.24, 2.45) is 5.73 Å². The van der Waals surface area contributed by atoms with E-state index in [9.17, 15) is 0 Å². The third-order valence-electron chi connectivity index (χ3n) is 2.86. The molecule has 1 aromatic rings. The van der Waals surface area contributed by atoms with E-state index in [1.165, 1.54) is 0 Å². The number of rotatable bonds is 4. The summed E-state index contributed by atoms with van der Waals surface area (Å²) in [6.45, 7) is 5.16. The summed E-state index contributed by atoms with van der Waals surface area (Å²) in [6.07, 6.45) is 0. The fraction of sp³-hybridized carbons (Fsp3) is 0.636. The standard InChI is InChI=1S/C11H17BrN2O2/c12-11-2-1-10(16-11)9(7-13)8-14-3-5-15-6-4-14/h1-2,9H,3-8,13H2. The van der Waals surface area contributed by atoms with E-state index < -0.39 is 0 Å². The van der Waals surface area contributed by atoms with Crippen LogP contribution in [0.2, 0.25) is 0 Å². The molecular weight excluding hydrogens is 272 g/mol. The normalized spacial score (nSPS) is 19.9. The van der Waals surface area contributed by atoms with Gasteiger partial charge < -0.3 is 14.9 Å². The minimum absolute atomic E-state index is 0.268. The van der Waals surface area contributed by atoms with Gasteiger partial charge in [-0.25, -0.2) is 0 Å². The first-order valence-corrected chi connectivity index (χ1v) is 6.34. The third kappa shape index (κ3) is 3.07. The lowest BCUT2D eigenvalue weighted by molar-refractivity contribution is 0.0344. The van der Waals surface area contributed by atoms with Crippen molar-refractivity contribution in [3.8, 4) is 0 Å². The van der Waals surface area contributed by atoms with Crippen LogP contribution in [0.3, 0.4) is 0 Å². The molecule has 1 aliphatic rings. The molecule has 0 aromatic carbocycles. The van der Waals surface area contributed by atoms with Gasteiger partial charge in [0, 0.05) is 32.1 Å². The van der Waals surface area contributed by atoms with E-state index in [1.54, 1.807) is 0 Å². The molecule has 1 aromatic heterocycles. The molecule has 1 fully saturated rings. The van der Waals surface area contributed by atoms with Crippen LogP contribution in [0.4, 0.5) is 0 Å². The number of nitrogens with two attached hydrogens (primary N) is 1. The zero-order chi connectivity index (χ0) is 11.4. The average molecular weight is 289 g/mol. The zero-order valence-electron chi connectivity index (χ0n) is 9.19. The number of nitrogens with zero attached hydrogens (tertiary/aromatic N) is 1. The fourth-order valence-electron chi connectivity index (χ4n) is 1.92. The summed E-state index contributed by atoms with van der Waals surface area (Å²) in [5, 5.41) is 0. The van der Waals surface area contributed by atoms with Crippen molar-refractivity contribution < 1.29 is 9.15 Å². The van der Waals surface area contributed by atoms with Gasteiger partial charge in [-0.05, 0) is 28.1 Å². The van der Waals surface area contributed by atoms with E-state index in [2.05, 4.69) is 20.8 Å². The molecule has 16 heavy (non-hydrogen) atoms. The highest BCUT2D eigenvalue weighted by Crippen LogP contribution is 2.22. The molecule has 2 rings (SSSR count). The number of hydrogen-bond donors (Lipinski definition) is 1. The lowest BCUT2D eigenvalue weighted by Gasteiger charge is -2.29. The van der Waals surface area contributed by atoms with Gasteiger partial charge in [-0.2, -0.15) is 0 Å². The molecule has 2 heterocycles. The van der Waals surface area contributed by atoms with Gasteiger partial charge in [-0.3, -0.25) is 4.90 Å². The Balaban J connectivity index is 1.94. The largest absolute Gasteiger partial charge is 0.454 e. The van der Waals surface area contributed by atoms with Crippen LogP contribution in [0.1, 0.15) is 11.7 Å². The number of morpholine rings is 1. The minimum atomic E-state index is 0.268. The van der Waals surface area contributed by atoms with E-state index in [1.807, 2.05) is 12.1 Å². The molecule has 4 nitrogen and oxygen atoms in total. The van der Waals surface area contributed by atoms with Crippen LogP contribution < -0.4 is 5.73 Å².